The molecule has 0 saturated carbocycles. The molecule has 0 spiro atoms. The molecule has 1 unspecified atom stereocenters. The van der Waals surface area contributed by atoms with E-state index in [-0.39, 0.29) is 0 Å². The fourth-order valence-corrected chi connectivity index (χ4v) is 1.88. The van der Waals surface area contributed by atoms with Gasteiger partial charge in [0.25, 0.3) is 7.55 Å². The Labute approximate surface area is 62.9 Å². The zero-order chi connectivity index (χ0) is 7.49. The molecule has 0 fully saturated rings. The largest absolute Gasteiger partial charge is 0.325 e. The molecule has 1 N–H and O–H groups in total. The van der Waals surface area contributed by atoms with Gasteiger partial charge in [-0.15, -0.1) is 17.7 Å². The first-order valence-electron chi connectivity index (χ1n) is 3.08. The minimum Gasteiger partial charge on any atom is -0.325 e. The molecule has 0 aliphatic carbocycles. The lowest BCUT2D eigenvalue weighted by Gasteiger charge is -2.22. The second-order valence-electron chi connectivity index (χ2n) is 2.38. The predicted molar refractivity (Wildman–Crippen MR) is 46.0 cm³/mol. The molecular weight excluding hydrogens is 150 g/mol. The minimum atomic E-state index is -1.79. The van der Waals surface area contributed by atoms with E-state index >= 15 is 0 Å². The summed E-state index contributed by atoms with van der Waals surface area (Å²) in [4.78, 5) is 3.11. The van der Waals surface area contributed by atoms with Crippen LogP contribution in [0.1, 0.15) is 13.8 Å². The topological polar surface area (TPSA) is 12.0 Å². The van der Waals surface area contributed by atoms with Crippen molar-refractivity contribution in [1.82, 2.24) is 4.98 Å². The van der Waals surface area contributed by atoms with Crippen LogP contribution in [0.25, 0.3) is 0 Å². The van der Waals surface area contributed by atoms with Gasteiger partial charge in [0.1, 0.15) is 0 Å². The summed E-state index contributed by atoms with van der Waals surface area (Å²) in [5.74, 6) is 0. The molecule has 3 heteroatoms. The molecular formula is C6H14ClNSi. The van der Waals surface area contributed by atoms with Gasteiger partial charge in [0.05, 0.1) is 0 Å². The molecule has 0 amide bonds. The van der Waals surface area contributed by atoms with E-state index in [4.69, 9.17) is 11.1 Å². The van der Waals surface area contributed by atoms with Gasteiger partial charge in [0, 0.05) is 0 Å². The molecule has 0 bridgehead atoms. The van der Waals surface area contributed by atoms with Crippen molar-refractivity contribution in [2.75, 3.05) is 7.05 Å². The number of hydrogen-bond acceptors (Lipinski definition) is 1. The predicted octanol–water partition coefficient (Wildman–Crippen LogP) is 2.02. The van der Waals surface area contributed by atoms with Crippen molar-refractivity contribution in [3.8, 4) is 0 Å². The Balaban J connectivity index is 4.08. The highest BCUT2D eigenvalue weighted by atomic mass is 35.6. The number of hydrogen-bond donors (Lipinski definition) is 1. The summed E-state index contributed by atoms with van der Waals surface area (Å²) in [6, 6.07) is 0. The quantitative estimate of drug-likeness (QED) is 0.496. The van der Waals surface area contributed by atoms with Crippen molar-refractivity contribution in [1.29, 1.82) is 0 Å². The zero-order valence-electron chi connectivity index (χ0n) is 6.24. The van der Waals surface area contributed by atoms with Gasteiger partial charge in [0.15, 0.2) is 0 Å². The van der Waals surface area contributed by atoms with E-state index in [1.54, 1.807) is 0 Å². The van der Waals surface area contributed by atoms with Crippen molar-refractivity contribution in [3.05, 3.63) is 12.3 Å². The maximum atomic E-state index is 6.15. The van der Waals surface area contributed by atoms with E-state index in [1.165, 1.54) is 0 Å². The summed E-state index contributed by atoms with van der Waals surface area (Å²) in [5, 5.41) is 0. The lowest BCUT2D eigenvalue weighted by Crippen LogP contribution is -2.43. The number of rotatable bonds is 3. The highest BCUT2D eigenvalue weighted by Crippen LogP contribution is 2.21. The standard InChI is InChI=1S/C6H14ClNSi/c1-5-9(7,8-4)6(2)3/h5-6,8H,1H2,2-4H3. The van der Waals surface area contributed by atoms with Gasteiger partial charge in [-0.25, -0.2) is 0 Å². The molecule has 0 rings (SSSR count). The Morgan fingerprint density at radius 2 is 2.11 bits per heavy atom. The Hall–Kier alpha value is 0.207. The van der Waals surface area contributed by atoms with Gasteiger partial charge in [-0.2, -0.15) is 0 Å². The van der Waals surface area contributed by atoms with E-state index < -0.39 is 7.55 Å². The van der Waals surface area contributed by atoms with E-state index in [1.807, 2.05) is 12.7 Å². The Bertz CT molecular complexity index is 105. The highest BCUT2D eigenvalue weighted by Gasteiger charge is 2.28. The minimum absolute atomic E-state index is 0.502. The lowest BCUT2D eigenvalue weighted by atomic mass is 10.6. The zero-order valence-corrected chi connectivity index (χ0v) is 8.00. The number of nitrogens with one attached hydrogen (secondary N) is 1. The highest BCUT2D eigenvalue weighted by molar-refractivity contribution is 7.22. The first-order valence-corrected chi connectivity index (χ1v) is 6.25. The van der Waals surface area contributed by atoms with Crippen LogP contribution in [0.4, 0.5) is 0 Å². The SMILES string of the molecule is C=C[Si](Cl)(NC)C(C)C. The Kier molecular flexibility index (Phi) is 3.47. The molecule has 0 aliphatic rings. The van der Waals surface area contributed by atoms with Crippen molar-refractivity contribution in [2.45, 2.75) is 19.4 Å². The number of halogens is 1. The van der Waals surface area contributed by atoms with Gasteiger partial charge < -0.3 is 4.98 Å². The molecule has 0 heterocycles. The van der Waals surface area contributed by atoms with E-state index in [2.05, 4.69) is 25.4 Å². The molecule has 9 heavy (non-hydrogen) atoms. The van der Waals surface area contributed by atoms with Crippen LogP contribution in [0.15, 0.2) is 12.3 Å². The average Bonchev–Trinajstić information content (AvgIpc) is 1.86. The van der Waals surface area contributed by atoms with E-state index in [9.17, 15) is 0 Å². The van der Waals surface area contributed by atoms with Gasteiger partial charge in [-0.05, 0) is 12.6 Å². The van der Waals surface area contributed by atoms with Crippen molar-refractivity contribution in [2.24, 2.45) is 0 Å². The summed E-state index contributed by atoms with van der Waals surface area (Å²) in [5.41, 5.74) is 2.36. The Morgan fingerprint density at radius 1 is 1.67 bits per heavy atom. The van der Waals surface area contributed by atoms with Gasteiger partial charge >= 0.3 is 0 Å². The third-order valence-electron chi connectivity index (χ3n) is 1.52. The summed E-state index contributed by atoms with van der Waals surface area (Å²) < 4.78 is 0. The molecule has 54 valence electrons. The second kappa shape index (κ2) is 3.39. The molecule has 0 aromatic rings. The Morgan fingerprint density at radius 3 is 2.11 bits per heavy atom. The maximum Gasteiger partial charge on any atom is 0.252 e. The van der Waals surface area contributed by atoms with Crippen molar-refractivity contribution in [3.63, 3.8) is 0 Å². The van der Waals surface area contributed by atoms with Gasteiger partial charge in [-0.3, -0.25) is 0 Å². The van der Waals surface area contributed by atoms with Crippen LogP contribution in [-0.4, -0.2) is 14.6 Å². The van der Waals surface area contributed by atoms with Crippen LogP contribution < -0.4 is 4.98 Å². The molecule has 1 atom stereocenters. The normalized spacial score (nSPS) is 17.4. The van der Waals surface area contributed by atoms with Crippen molar-refractivity contribution < 1.29 is 0 Å². The van der Waals surface area contributed by atoms with Gasteiger partial charge in [-0.1, -0.05) is 19.5 Å². The van der Waals surface area contributed by atoms with E-state index in [0.29, 0.717) is 5.54 Å². The van der Waals surface area contributed by atoms with E-state index in [0.717, 1.165) is 0 Å². The van der Waals surface area contributed by atoms with Crippen LogP contribution >= 0.6 is 11.1 Å². The van der Waals surface area contributed by atoms with Crippen LogP contribution in [0.3, 0.4) is 0 Å². The monoisotopic (exact) mass is 163 g/mol. The molecule has 0 aliphatic heterocycles. The van der Waals surface area contributed by atoms with Crippen molar-refractivity contribution >= 4 is 18.6 Å². The van der Waals surface area contributed by atoms with Crippen LogP contribution in [0, 0.1) is 0 Å². The summed E-state index contributed by atoms with van der Waals surface area (Å²) in [7, 11) is 0.101. The molecule has 0 radical (unpaired) electrons. The molecule has 0 saturated heterocycles. The fraction of sp³-hybridized carbons (Fsp3) is 0.667. The maximum absolute atomic E-state index is 6.15. The average molecular weight is 164 g/mol. The third-order valence-corrected chi connectivity index (χ3v) is 6.90. The molecule has 1 nitrogen and oxygen atoms in total. The third kappa shape index (κ3) is 2.12. The second-order valence-corrected chi connectivity index (χ2v) is 7.85. The first kappa shape index (κ1) is 9.21. The summed E-state index contributed by atoms with van der Waals surface area (Å²) in [6.07, 6.45) is 0. The van der Waals surface area contributed by atoms with Crippen LogP contribution in [0.5, 0.6) is 0 Å². The molecule has 0 aromatic carbocycles. The summed E-state index contributed by atoms with van der Waals surface area (Å²) in [6.45, 7) is 7.91. The summed E-state index contributed by atoms with van der Waals surface area (Å²) >= 11 is 6.15. The lowest BCUT2D eigenvalue weighted by molar-refractivity contribution is 0.984. The fourth-order valence-electron chi connectivity index (χ4n) is 0.626. The smallest absolute Gasteiger partial charge is 0.252 e. The first-order chi connectivity index (χ1) is 4.06. The molecule has 0 aromatic heterocycles. The van der Waals surface area contributed by atoms with Gasteiger partial charge in [0.2, 0.25) is 0 Å². The van der Waals surface area contributed by atoms with Crippen LogP contribution in [-0.2, 0) is 0 Å². The van der Waals surface area contributed by atoms with Crippen LogP contribution in [0.2, 0.25) is 5.54 Å².